The van der Waals surface area contributed by atoms with Gasteiger partial charge in [-0.25, -0.2) is 0 Å². The Bertz CT molecular complexity index is 220. The Kier molecular flexibility index (Phi) is 1.63. The molecule has 47 valence electrons. The topological polar surface area (TPSA) is 20.2 Å². The summed E-state index contributed by atoms with van der Waals surface area (Å²) in [5.41, 5.74) is 0.731. The Morgan fingerprint density at radius 1 is 1.44 bits per heavy atom. The van der Waals surface area contributed by atoms with Gasteiger partial charge in [0, 0.05) is 5.02 Å². The van der Waals surface area contributed by atoms with Crippen LogP contribution in [0.1, 0.15) is 5.56 Å². The number of hydrogen-bond acceptors (Lipinski definition) is 1. The summed E-state index contributed by atoms with van der Waals surface area (Å²) in [4.78, 5) is 0. The highest BCUT2D eigenvalue weighted by Crippen LogP contribution is 2.19. The summed E-state index contributed by atoms with van der Waals surface area (Å²) in [6.07, 6.45) is 0. The van der Waals surface area contributed by atoms with Gasteiger partial charge in [0.2, 0.25) is 0 Å². The molecule has 1 nitrogen and oxygen atoms in total. The lowest BCUT2D eigenvalue weighted by Gasteiger charge is -1.95. The van der Waals surface area contributed by atoms with Crippen LogP contribution in [-0.4, -0.2) is 5.11 Å². The van der Waals surface area contributed by atoms with Gasteiger partial charge in [-0.3, -0.25) is 0 Å². The SMILES string of the molecule is [CH2]c1ccc(O)cc1Cl. The normalized spacial score (nSPS) is 9.56. The van der Waals surface area contributed by atoms with E-state index in [1.165, 1.54) is 6.07 Å². The second kappa shape index (κ2) is 2.28. The van der Waals surface area contributed by atoms with Gasteiger partial charge in [-0.15, -0.1) is 0 Å². The van der Waals surface area contributed by atoms with Crippen molar-refractivity contribution < 1.29 is 5.11 Å². The first-order chi connectivity index (χ1) is 4.20. The third-order valence-electron chi connectivity index (χ3n) is 1.04. The van der Waals surface area contributed by atoms with Crippen LogP contribution >= 0.6 is 11.6 Å². The van der Waals surface area contributed by atoms with E-state index in [1.807, 2.05) is 0 Å². The Morgan fingerprint density at radius 3 is 2.56 bits per heavy atom. The number of benzene rings is 1. The van der Waals surface area contributed by atoms with E-state index in [-0.39, 0.29) is 5.75 Å². The third-order valence-corrected chi connectivity index (χ3v) is 1.39. The molecule has 1 N–H and O–H groups in total. The molecule has 1 rings (SSSR count). The minimum atomic E-state index is 0.174. The smallest absolute Gasteiger partial charge is 0.117 e. The number of phenolic OH excluding ortho intramolecular Hbond substituents is 1. The Morgan fingerprint density at radius 2 is 2.11 bits per heavy atom. The van der Waals surface area contributed by atoms with Crippen molar-refractivity contribution in [1.29, 1.82) is 0 Å². The molecule has 2 heteroatoms. The molecule has 0 unspecified atom stereocenters. The van der Waals surface area contributed by atoms with E-state index in [0.29, 0.717) is 5.02 Å². The van der Waals surface area contributed by atoms with Gasteiger partial charge >= 0.3 is 0 Å². The van der Waals surface area contributed by atoms with Crippen LogP contribution in [0.15, 0.2) is 18.2 Å². The molecule has 1 aromatic rings. The lowest BCUT2D eigenvalue weighted by molar-refractivity contribution is 0.475. The number of hydrogen-bond donors (Lipinski definition) is 1. The van der Waals surface area contributed by atoms with Gasteiger partial charge in [0.05, 0.1) is 0 Å². The molecule has 0 saturated heterocycles. The molecule has 0 atom stereocenters. The van der Waals surface area contributed by atoms with Crippen molar-refractivity contribution >= 4 is 11.6 Å². The van der Waals surface area contributed by atoms with Crippen molar-refractivity contribution in [1.82, 2.24) is 0 Å². The van der Waals surface area contributed by atoms with E-state index < -0.39 is 0 Å². The van der Waals surface area contributed by atoms with Crippen LogP contribution < -0.4 is 0 Å². The molecule has 0 aliphatic rings. The van der Waals surface area contributed by atoms with Gasteiger partial charge in [-0.1, -0.05) is 17.7 Å². The van der Waals surface area contributed by atoms with Crippen molar-refractivity contribution in [3.63, 3.8) is 0 Å². The maximum absolute atomic E-state index is 8.83. The first-order valence-electron chi connectivity index (χ1n) is 2.50. The standard InChI is InChI=1S/C7H6ClO/c1-5-2-3-6(9)4-7(5)8/h2-4,9H,1H2. The highest BCUT2D eigenvalue weighted by Gasteiger charge is 1.93. The van der Waals surface area contributed by atoms with Crippen LogP contribution in [0.25, 0.3) is 0 Å². The quantitative estimate of drug-likeness (QED) is 0.588. The molecule has 0 aromatic heterocycles. The van der Waals surface area contributed by atoms with E-state index in [0.717, 1.165) is 5.56 Å². The van der Waals surface area contributed by atoms with E-state index in [1.54, 1.807) is 12.1 Å². The largest absolute Gasteiger partial charge is 0.508 e. The molecule has 0 aliphatic carbocycles. The zero-order chi connectivity index (χ0) is 6.85. The summed E-state index contributed by atoms with van der Waals surface area (Å²) in [7, 11) is 0. The second-order valence-corrected chi connectivity index (χ2v) is 2.18. The van der Waals surface area contributed by atoms with Crippen LogP contribution in [0.2, 0.25) is 5.02 Å². The number of halogens is 1. The highest BCUT2D eigenvalue weighted by molar-refractivity contribution is 6.31. The fourth-order valence-electron chi connectivity index (χ4n) is 0.536. The first kappa shape index (κ1) is 6.43. The van der Waals surface area contributed by atoms with E-state index >= 15 is 0 Å². The van der Waals surface area contributed by atoms with E-state index in [4.69, 9.17) is 16.7 Å². The van der Waals surface area contributed by atoms with Gasteiger partial charge in [0.25, 0.3) is 0 Å². The maximum Gasteiger partial charge on any atom is 0.117 e. The van der Waals surface area contributed by atoms with E-state index in [2.05, 4.69) is 6.92 Å². The zero-order valence-electron chi connectivity index (χ0n) is 4.76. The number of aromatic hydroxyl groups is 1. The lowest BCUT2D eigenvalue weighted by Crippen LogP contribution is -1.71. The average Bonchev–Trinajstić information content (AvgIpc) is 1.80. The maximum atomic E-state index is 8.83. The molecular formula is C7H6ClO. The second-order valence-electron chi connectivity index (χ2n) is 1.78. The number of rotatable bonds is 0. The minimum Gasteiger partial charge on any atom is -0.508 e. The van der Waals surface area contributed by atoms with Gasteiger partial charge in [0.15, 0.2) is 0 Å². The van der Waals surface area contributed by atoms with Crippen LogP contribution in [-0.2, 0) is 0 Å². The van der Waals surface area contributed by atoms with Crippen molar-refractivity contribution in [2.45, 2.75) is 0 Å². The summed E-state index contributed by atoms with van der Waals surface area (Å²) in [5, 5.41) is 9.32. The molecule has 1 radical (unpaired) electrons. The molecule has 0 spiro atoms. The average molecular weight is 142 g/mol. The van der Waals surface area contributed by atoms with E-state index in [9.17, 15) is 0 Å². The summed E-state index contributed by atoms with van der Waals surface area (Å²) in [5.74, 6) is 0.174. The van der Waals surface area contributed by atoms with Crippen LogP contribution in [0.5, 0.6) is 5.75 Å². The predicted octanol–water partition coefficient (Wildman–Crippen LogP) is 2.23. The molecule has 0 heterocycles. The van der Waals surface area contributed by atoms with Crippen LogP contribution in [0.3, 0.4) is 0 Å². The summed E-state index contributed by atoms with van der Waals surface area (Å²) >= 11 is 5.59. The minimum absolute atomic E-state index is 0.174. The Balaban J connectivity index is 3.17. The molecular weight excluding hydrogens is 136 g/mol. The third kappa shape index (κ3) is 1.36. The van der Waals surface area contributed by atoms with Crippen molar-refractivity contribution in [2.75, 3.05) is 0 Å². The van der Waals surface area contributed by atoms with Gasteiger partial charge in [0.1, 0.15) is 5.75 Å². The Hall–Kier alpha value is -0.690. The first-order valence-corrected chi connectivity index (χ1v) is 2.88. The van der Waals surface area contributed by atoms with Crippen LogP contribution in [0, 0.1) is 6.92 Å². The lowest BCUT2D eigenvalue weighted by atomic mass is 10.2. The van der Waals surface area contributed by atoms with Crippen LogP contribution in [0.4, 0.5) is 0 Å². The van der Waals surface area contributed by atoms with Gasteiger partial charge in [-0.05, 0) is 24.6 Å². The molecule has 0 amide bonds. The van der Waals surface area contributed by atoms with Crippen molar-refractivity contribution in [3.05, 3.63) is 35.7 Å². The van der Waals surface area contributed by atoms with Crippen molar-refractivity contribution in [3.8, 4) is 5.75 Å². The highest BCUT2D eigenvalue weighted by atomic mass is 35.5. The molecule has 9 heavy (non-hydrogen) atoms. The molecule has 0 aliphatic heterocycles. The van der Waals surface area contributed by atoms with Crippen molar-refractivity contribution in [2.24, 2.45) is 0 Å². The summed E-state index contributed by atoms with van der Waals surface area (Å²) in [6, 6.07) is 4.68. The fourth-order valence-corrected chi connectivity index (χ4v) is 0.711. The van der Waals surface area contributed by atoms with Gasteiger partial charge < -0.3 is 5.11 Å². The zero-order valence-corrected chi connectivity index (χ0v) is 5.52. The fraction of sp³-hybridized carbons (Fsp3) is 0. The molecule has 0 fully saturated rings. The summed E-state index contributed by atoms with van der Waals surface area (Å²) < 4.78 is 0. The molecule has 1 aromatic carbocycles. The number of phenols is 1. The van der Waals surface area contributed by atoms with Gasteiger partial charge in [-0.2, -0.15) is 0 Å². The molecule has 0 saturated carbocycles. The predicted molar refractivity (Wildman–Crippen MR) is 37.6 cm³/mol. The summed E-state index contributed by atoms with van der Waals surface area (Å²) in [6.45, 7) is 3.62. The Labute approximate surface area is 58.9 Å². The molecule has 0 bridgehead atoms. The monoisotopic (exact) mass is 141 g/mol.